The normalized spacial score (nSPS) is 53.2. The quantitative estimate of drug-likeness (QED) is 0.660. The van der Waals surface area contributed by atoms with E-state index in [1.54, 1.807) is 18.7 Å². The third kappa shape index (κ3) is 2.30. The summed E-state index contributed by atoms with van der Waals surface area (Å²) < 4.78 is 0. The first-order chi connectivity index (χ1) is 11.8. The zero-order chi connectivity index (χ0) is 17.6. The predicted octanol–water partition coefficient (Wildman–Crippen LogP) is 5.02. The Kier molecular flexibility index (Phi) is 3.48. The fourth-order valence-electron chi connectivity index (χ4n) is 7.75. The van der Waals surface area contributed by atoms with Crippen LogP contribution in [0.5, 0.6) is 0 Å². The standard InChI is InChI=1S/C22H30O2S/c1-12(23)25-18-10-14-9-15(24)4-7-22(14,3)17-5-6-21(2)11-13-8-16(13)20(21)19(17)18/h9,13,16-20H,4-8,10-11H2,1-3H3/t13-,16-,17-,18+,19-,20-,21+,22-/m0/s1. The highest BCUT2D eigenvalue weighted by atomic mass is 32.2. The van der Waals surface area contributed by atoms with Gasteiger partial charge in [-0.15, -0.1) is 0 Å². The molecule has 2 nitrogen and oxygen atoms in total. The van der Waals surface area contributed by atoms with Gasteiger partial charge in [-0.3, -0.25) is 9.59 Å². The van der Waals surface area contributed by atoms with Gasteiger partial charge in [0.2, 0.25) is 0 Å². The molecule has 0 aliphatic heterocycles. The molecule has 25 heavy (non-hydrogen) atoms. The second-order valence-corrected chi connectivity index (χ2v) is 11.6. The second kappa shape index (κ2) is 5.24. The number of thioether (sulfide) groups is 1. The molecule has 0 spiro atoms. The van der Waals surface area contributed by atoms with Crippen LogP contribution in [0.25, 0.3) is 0 Å². The average molecular weight is 359 g/mol. The molecule has 136 valence electrons. The maximum atomic E-state index is 12.1. The van der Waals surface area contributed by atoms with E-state index >= 15 is 0 Å². The van der Waals surface area contributed by atoms with Crippen LogP contribution < -0.4 is 0 Å². The Bertz CT molecular complexity index is 682. The van der Waals surface area contributed by atoms with Crippen LogP contribution in [0, 0.1) is 40.4 Å². The van der Waals surface area contributed by atoms with E-state index < -0.39 is 0 Å². The maximum absolute atomic E-state index is 12.1. The number of allylic oxidation sites excluding steroid dienone is 1. The van der Waals surface area contributed by atoms with E-state index in [1.807, 2.05) is 6.08 Å². The predicted molar refractivity (Wildman–Crippen MR) is 101 cm³/mol. The van der Waals surface area contributed by atoms with Gasteiger partial charge in [0.15, 0.2) is 10.9 Å². The minimum atomic E-state index is 0.209. The number of fused-ring (bicyclic) bond motifs is 7. The van der Waals surface area contributed by atoms with Crippen LogP contribution >= 0.6 is 11.8 Å². The summed E-state index contributed by atoms with van der Waals surface area (Å²) in [5.41, 5.74) is 2.10. The van der Waals surface area contributed by atoms with Gasteiger partial charge in [0, 0.05) is 18.6 Å². The Morgan fingerprint density at radius 1 is 1.28 bits per heavy atom. The minimum absolute atomic E-state index is 0.209. The van der Waals surface area contributed by atoms with E-state index in [4.69, 9.17) is 0 Å². The van der Waals surface area contributed by atoms with Crippen molar-refractivity contribution in [3.63, 3.8) is 0 Å². The van der Waals surface area contributed by atoms with E-state index in [0.29, 0.717) is 28.3 Å². The van der Waals surface area contributed by atoms with Gasteiger partial charge in [-0.2, -0.15) is 0 Å². The number of hydrogen-bond acceptors (Lipinski definition) is 3. The number of rotatable bonds is 1. The Hall–Kier alpha value is -0.570. The van der Waals surface area contributed by atoms with Crippen molar-refractivity contribution < 1.29 is 9.59 Å². The van der Waals surface area contributed by atoms with Gasteiger partial charge in [0.25, 0.3) is 0 Å². The van der Waals surface area contributed by atoms with Crippen LogP contribution in [0.3, 0.4) is 0 Å². The summed E-state index contributed by atoms with van der Waals surface area (Å²) in [4.78, 5) is 24.1. The van der Waals surface area contributed by atoms with Crippen LogP contribution in [0.4, 0.5) is 0 Å². The Labute approximate surface area is 155 Å². The van der Waals surface area contributed by atoms with Gasteiger partial charge in [-0.1, -0.05) is 31.2 Å². The highest BCUT2D eigenvalue weighted by Gasteiger charge is 2.67. The molecule has 0 saturated heterocycles. The first kappa shape index (κ1) is 16.6. The van der Waals surface area contributed by atoms with Crippen LogP contribution in [0.1, 0.15) is 65.7 Å². The first-order valence-electron chi connectivity index (χ1n) is 10.2. The van der Waals surface area contributed by atoms with E-state index in [-0.39, 0.29) is 10.5 Å². The highest BCUT2D eigenvalue weighted by Crippen LogP contribution is 2.74. The smallest absolute Gasteiger partial charge is 0.186 e. The van der Waals surface area contributed by atoms with Crippen molar-refractivity contribution in [2.24, 2.45) is 40.4 Å². The summed E-state index contributed by atoms with van der Waals surface area (Å²) in [7, 11) is 0. The van der Waals surface area contributed by atoms with Crippen molar-refractivity contribution >= 4 is 22.7 Å². The lowest BCUT2D eigenvalue weighted by Crippen LogP contribution is -2.54. The zero-order valence-corrected chi connectivity index (χ0v) is 16.5. The SMILES string of the molecule is CC(=O)S[C@@H]1CC2=CC(=O)CC[C@]2(C)[C@H]2CC[C@]3(C)C[C@@H]4C[C@@H]4[C@H]3[C@H]12. The van der Waals surface area contributed by atoms with Crippen LogP contribution in [0.2, 0.25) is 0 Å². The van der Waals surface area contributed by atoms with Gasteiger partial charge in [-0.05, 0) is 85.0 Å². The Morgan fingerprint density at radius 2 is 2.08 bits per heavy atom. The molecule has 5 rings (SSSR count). The summed E-state index contributed by atoms with van der Waals surface area (Å²) in [5, 5.41) is 0.657. The summed E-state index contributed by atoms with van der Waals surface area (Å²) in [6.07, 6.45) is 10.2. The van der Waals surface area contributed by atoms with E-state index in [2.05, 4.69) is 13.8 Å². The molecule has 0 radical (unpaired) electrons. The summed E-state index contributed by atoms with van der Waals surface area (Å²) in [6, 6.07) is 0. The lowest BCUT2D eigenvalue weighted by molar-refractivity contribution is -0.117. The topological polar surface area (TPSA) is 34.1 Å². The van der Waals surface area contributed by atoms with Gasteiger partial charge in [0.05, 0.1) is 0 Å². The lowest BCUT2D eigenvalue weighted by atomic mass is 9.46. The molecular weight excluding hydrogens is 328 g/mol. The number of carbonyl (C=O) groups is 2. The molecule has 0 unspecified atom stereocenters. The summed E-state index contributed by atoms with van der Waals surface area (Å²) in [5.74, 6) is 4.40. The number of carbonyl (C=O) groups excluding carboxylic acids is 2. The number of hydrogen-bond donors (Lipinski definition) is 0. The molecule has 0 N–H and O–H groups in total. The molecule has 0 aromatic heterocycles. The molecule has 0 heterocycles. The van der Waals surface area contributed by atoms with E-state index in [9.17, 15) is 9.59 Å². The molecular formula is C22H30O2S. The third-order valence-corrected chi connectivity index (χ3v) is 9.94. The lowest BCUT2D eigenvalue weighted by Gasteiger charge is -2.60. The third-order valence-electron chi connectivity index (χ3n) is 8.82. The van der Waals surface area contributed by atoms with E-state index in [1.165, 1.54) is 31.3 Å². The molecule has 4 fully saturated rings. The fourth-order valence-corrected chi connectivity index (χ4v) is 8.96. The monoisotopic (exact) mass is 358 g/mol. The largest absolute Gasteiger partial charge is 0.295 e. The minimum Gasteiger partial charge on any atom is -0.295 e. The molecule has 3 heteroatoms. The Balaban J connectivity index is 1.58. The van der Waals surface area contributed by atoms with Crippen LogP contribution in [-0.4, -0.2) is 16.1 Å². The summed E-state index contributed by atoms with van der Waals surface area (Å²) in [6.45, 7) is 6.72. The molecule has 0 aromatic carbocycles. The molecule has 0 bridgehead atoms. The molecule has 4 saturated carbocycles. The van der Waals surface area contributed by atoms with Crippen LogP contribution in [0.15, 0.2) is 11.6 Å². The summed E-state index contributed by atoms with van der Waals surface area (Å²) >= 11 is 1.59. The number of ketones is 1. The maximum Gasteiger partial charge on any atom is 0.186 e. The first-order valence-corrected chi connectivity index (χ1v) is 11.1. The van der Waals surface area contributed by atoms with Gasteiger partial charge in [-0.25, -0.2) is 0 Å². The van der Waals surface area contributed by atoms with Gasteiger partial charge >= 0.3 is 0 Å². The second-order valence-electron chi connectivity index (χ2n) is 10.2. The van der Waals surface area contributed by atoms with Crippen molar-refractivity contribution in [1.82, 2.24) is 0 Å². The van der Waals surface area contributed by atoms with Crippen LogP contribution in [-0.2, 0) is 9.59 Å². The van der Waals surface area contributed by atoms with Crippen molar-refractivity contribution in [1.29, 1.82) is 0 Å². The van der Waals surface area contributed by atoms with Gasteiger partial charge < -0.3 is 0 Å². The molecule has 0 aromatic rings. The van der Waals surface area contributed by atoms with E-state index in [0.717, 1.165) is 37.0 Å². The van der Waals surface area contributed by atoms with Crippen molar-refractivity contribution in [3.8, 4) is 0 Å². The van der Waals surface area contributed by atoms with Crippen molar-refractivity contribution in [2.45, 2.75) is 71.0 Å². The molecule has 8 atom stereocenters. The Morgan fingerprint density at radius 3 is 2.84 bits per heavy atom. The van der Waals surface area contributed by atoms with Crippen molar-refractivity contribution in [3.05, 3.63) is 11.6 Å². The average Bonchev–Trinajstić information content (AvgIpc) is 3.20. The van der Waals surface area contributed by atoms with Gasteiger partial charge in [0.1, 0.15) is 0 Å². The zero-order valence-electron chi connectivity index (χ0n) is 15.7. The fraction of sp³-hybridized carbons (Fsp3) is 0.818. The molecule has 5 aliphatic carbocycles. The van der Waals surface area contributed by atoms with Crippen molar-refractivity contribution in [2.75, 3.05) is 0 Å². The highest BCUT2D eigenvalue weighted by molar-refractivity contribution is 8.14. The molecule has 0 amide bonds. The molecule has 5 aliphatic rings.